The van der Waals surface area contributed by atoms with Crippen LogP contribution >= 0.6 is 12.2 Å². The number of rotatable bonds is 15. The number of nitrogens with one attached hydrogen (secondary N) is 5. The highest BCUT2D eigenvalue weighted by Crippen LogP contribution is 2.35. The number of thiocarbonyl (C=S) groups is 1. The van der Waals surface area contributed by atoms with Crippen molar-refractivity contribution in [2.75, 3.05) is 27.2 Å². The van der Waals surface area contributed by atoms with Crippen LogP contribution in [0.25, 0.3) is 0 Å². The maximum atomic E-state index is 14.5. The minimum Gasteiger partial charge on any atom is -0.497 e. The van der Waals surface area contributed by atoms with Crippen LogP contribution in [0.1, 0.15) is 48.8 Å². The van der Waals surface area contributed by atoms with E-state index in [4.69, 9.17) is 17.0 Å². The Morgan fingerprint density at radius 2 is 1.52 bits per heavy atom. The van der Waals surface area contributed by atoms with Crippen molar-refractivity contribution < 1.29 is 19.1 Å². The van der Waals surface area contributed by atoms with Crippen LogP contribution in [0.15, 0.2) is 84.9 Å². The minimum atomic E-state index is -0.764. The molecule has 0 aromatic heterocycles. The minimum absolute atomic E-state index is 0.0461. The van der Waals surface area contributed by atoms with Gasteiger partial charge in [0.25, 0.3) is 0 Å². The van der Waals surface area contributed by atoms with Gasteiger partial charge in [0.05, 0.1) is 13.2 Å². The van der Waals surface area contributed by atoms with Gasteiger partial charge in [0.15, 0.2) is 5.11 Å². The maximum absolute atomic E-state index is 14.5. The number of amides is 3. The number of methoxy groups -OCH3 is 1. The molecular formula is C39H50N6O4S. The maximum Gasteiger partial charge on any atom is 0.246 e. The summed E-state index contributed by atoms with van der Waals surface area (Å²) in [6, 6.07) is 25.7. The van der Waals surface area contributed by atoms with Crippen LogP contribution < -0.4 is 31.3 Å². The summed E-state index contributed by atoms with van der Waals surface area (Å²) in [6.07, 6.45) is 4.67. The Labute approximate surface area is 301 Å². The van der Waals surface area contributed by atoms with Crippen molar-refractivity contribution in [3.8, 4) is 5.75 Å². The van der Waals surface area contributed by atoms with Crippen molar-refractivity contribution in [2.45, 2.75) is 75.7 Å². The molecule has 50 heavy (non-hydrogen) atoms. The summed E-state index contributed by atoms with van der Waals surface area (Å²) in [4.78, 5) is 43.7. The second-order valence-electron chi connectivity index (χ2n) is 13.1. The Bertz CT molecular complexity index is 1560. The lowest BCUT2D eigenvalue weighted by Gasteiger charge is -2.33. The largest absolute Gasteiger partial charge is 0.497 e. The molecule has 11 heteroatoms. The summed E-state index contributed by atoms with van der Waals surface area (Å²) in [5.74, 6) is 0.0960. The molecular weight excluding hydrogens is 649 g/mol. The zero-order valence-electron chi connectivity index (χ0n) is 29.0. The van der Waals surface area contributed by atoms with Gasteiger partial charge in [-0.15, -0.1) is 0 Å². The number of hydrogen-bond acceptors (Lipinski definition) is 6. The Hall–Kier alpha value is -4.48. The van der Waals surface area contributed by atoms with Crippen molar-refractivity contribution in [1.29, 1.82) is 0 Å². The summed E-state index contributed by atoms with van der Waals surface area (Å²) in [6.45, 7) is 1.62. The van der Waals surface area contributed by atoms with Crippen LogP contribution in [0.2, 0.25) is 0 Å². The third-order valence-electron chi connectivity index (χ3n) is 9.88. The van der Waals surface area contributed by atoms with Gasteiger partial charge >= 0.3 is 0 Å². The molecule has 0 aliphatic carbocycles. The van der Waals surface area contributed by atoms with Crippen molar-refractivity contribution in [2.24, 2.45) is 5.92 Å². The van der Waals surface area contributed by atoms with Crippen molar-refractivity contribution in [1.82, 2.24) is 31.5 Å². The lowest BCUT2D eigenvalue weighted by Crippen LogP contribution is -2.58. The molecule has 0 bridgehead atoms. The number of fused-ring (bicyclic) bond motifs is 1. The Balaban J connectivity index is 1.25. The predicted molar refractivity (Wildman–Crippen MR) is 200 cm³/mol. The molecule has 2 fully saturated rings. The average Bonchev–Trinajstić information content (AvgIpc) is 3.53. The summed E-state index contributed by atoms with van der Waals surface area (Å²) in [5.41, 5.74) is 3.24. The average molecular weight is 699 g/mol. The third kappa shape index (κ3) is 10.0. The van der Waals surface area contributed by atoms with Crippen LogP contribution in [-0.2, 0) is 33.8 Å². The summed E-state index contributed by atoms with van der Waals surface area (Å²) < 4.78 is 5.24. The van der Waals surface area contributed by atoms with Gasteiger partial charge in [0.1, 0.15) is 17.8 Å². The summed E-state index contributed by atoms with van der Waals surface area (Å²) in [7, 11) is 3.39. The molecule has 0 unspecified atom stereocenters. The van der Waals surface area contributed by atoms with Crippen molar-refractivity contribution in [3.05, 3.63) is 102 Å². The smallest absolute Gasteiger partial charge is 0.246 e. The fourth-order valence-electron chi connectivity index (χ4n) is 7.06. The summed E-state index contributed by atoms with van der Waals surface area (Å²) >= 11 is 5.54. The molecule has 5 atom stereocenters. The number of nitrogens with zero attached hydrogens (tertiary/aromatic N) is 1. The topological polar surface area (TPSA) is 124 Å². The molecule has 2 aliphatic rings. The molecule has 5 N–H and O–H groups in total. The van der Waals surface area contributed by atoms with Crippen LogP contribution in [0, 0.1) is 5.92 Å². The van der Waals surface area contributed by atoms with Gasteiger partial charge in [-0.1, -0.05) is 72.8 Å². The predicted octanol–water partition coefficient (Wildman–Crippen LogP) is 3.49. The highest BCUT2D eigenvalue weighted by atomic mass is 32.1. The second kappa shape index (κ2) is 18.5. The van der Waals surface area contributed by atoms with E-state index < -0.39 is 18.1 Å². The molecule has 3 aromatic carbocycles. The molecule has 3 aromatic rings. The fraction of sp³-hybridized carbons (Fsp3) is 0.436. The first-order valence-electron chi connectivity index (χ1n) is 17.7. The van der Waals surface area contributed by atoms with Crippen LogP contribution in [-0.4, -0.2) is 79.1 Å². The number of likely N-dealkylation sites (N-methyl/N-ethyl adjacent to an activating group) is 1. The quantitative estimate of drug-likeness (QED) is 0.153. The standard InChI is InChI=1S/C39H50N6O4S/c1-40-33(25-28-9-5-3-6-10-28)36(46)44-35-30(22-24-42-39(50)43-26-29-11-7-4-8-12-29)15-16-31-17-20-34(45(31)38(35)48)37(47)41-23-21-27-13-18-32(49-2)19-14-27/h3-14,18-19,30-31,33-35,40H,15-17,20-26H2,1-2H3,(H,41,47)(H,44,46)(H2,42,43,50)/t30-,31+,33-,34+,35+/m1/s1. The zero-order chi connectivity index (χ0) is 35.3. The molecule has 2 saturated heterocycles. The van der Waals surface area contributed by atoms with Gasteiger partial charge in [-0.05, 0) is 99.0 Å². The Kier molecular flexibility index (Phi) is 13.6. The van der Waals surface area contributed by atoms with Crippen molar-refractivity contribution >= 4 is 35.1 Å². The van der Waals surface area contributed by atoms with E-state index in [0.29, 0.717) is 50.4 Å². The molecule has 5 rings (SSSR count). The van der Waals surface area contributed by atoms with Gasteiger partial charge in [0, 0.05) is 25.7 Å². The number of ether oxygens (including phenoxy) is 1. The first kappa shape index (κ1) is 36.8. The fourth-order valence-corrected chi connectivity index (χ4v) is 7.24. The van der Waals surface area contributed by atoms with Gasteiger partial charge in [0.2, 0.25) is 17.7 Å². The number of hydrogen-bond donors (Lipinski definition) is 5. The SMILES string of the molecule is CN[C@H](Cc1ccccc1)C(=O)N[C@@H]1C(=O)N2[C@@H](CC[C@@H]1CCNC(=S)NCc1ccccc1)CC[C@H]2C(=O)NCCc1ccc(OC)cc1. The van der Waals surface area contributed by atoms with E-state index in [9.17, 15) is 14.4 Å². The van der Waals surface area contributed by atoms with E-state index in [2.05, 4.69) is 26.6 Å². The first-order valence-corrected chi connectivity index (χ1v) is 18.1. The molecule has 2 heterocycles. The first-order chi connectivity index (χ1) is 24.4. The molecule has 10 nitrogen and oxygen atoms in total. The van der Waals surface area contributed by atoms with Crippen LogP contribution in [0.3, 0.4) is 0 Å². The van der Waals surface area contributed by atoms with E-state index in [1.807, 2.05) is 84.9 Å². The van der Waals surface area contributed by atoms with Gasteiger partial charge < -0.3 is 36.2 Å². The van der Waals surface area contributed by atoms with Gasteiger partial charge in [-0.25, -0.2) is 0 Å². The number of carbonyl (C=O) groups is 3. The highest BCUT2D eigenvalue weighted by molar-refractivity contribution is 7.80. The Morgan fingerprint density at radius 3 is 2.20 bits per heavy atom. The van der Waals surface area contributed by atoms with E-state index in [0.717, 1.165) is 41.7 Å². The molecule has 0 saturated carbocycles. The molecule has 3 amide bonds. The molecule has 0 spiro atoms. The zero-order valence-corrected chi connectivity index (χ0v) is 29.8. The Morgan fingerprint density at radius 1 is 0.840 bits per heavy atom. The van der Waals surface area contributed by atoms with E-state index in [1.165, 1.54) is 0 Å². The highest BCUT2D eigenvalue weighted by Gasteiger charge is 2.47. The van der Waals surface area contributed by atoms with Gasteiger partial charge in [-0.2, -0.15) is 0 Å². The molecule has 266 valence electrons. The lowest BCUT2D eigenvalue weighted by atomic mass is 9.90. The lowest BCUT2D eigenvalue weighted by molar-refractivity contribution is -0.143. The van der Waals surface area contributed by atoms with E-state index in [1.54, 1.807) is 19.1 Å². The number of benzene rings is 3. The van der Waals surface area contributed by atoms with Crippen LogP contribution in [0.5, 0.6) is 5.75 Å². The molecule has 0 radical (unpaired) electrons. The van der Waals surface area contributed by atoms with Crippen LogP contribution in [0.4, 0.5) is 0 Å². The number of carbonyl (C=O) groups excluding carboxylic acids is 3. The second-order valence-corrected chi connectivity index (χ2v) is 13.5. The van der Waals surface area contributed by atoms with Gasteiger partial charge in [-0.3, -0.25) is 14.4 Å². The van der Waals surface area contributed by atoms with E-state index >= 15 is 0 Å². The van der Waals surface area contributed by atoms with Crippen molar-refractivity contribution in [3.63, 3.8) is 0 Å². The third-order valence-corrected chi connectivity index (χ3v) is 10.2. The van der Waals surface area contributed by atoms with E-state index in [-0.39, 0.29) is 29.7 Å². The monoisotopic (exact) mass is 698 g/mol. The normalized spacial score (nSPS) is 20.6. The molecule has 2 aliphatic heterocycles. The summed E-state index contributed by atoms with van der Waals surface area (Å²) in [5, 5.41) is 16.5.